The van der Waals surface area contributed by atoms with Gasteiger partial charge in [0.15, 0.2) is 0 Å². The molecule has 0 aromatic rings. The van der Waals surface area contributed by atoms with Crippen molar-refractivity contribution in [2.45, 2.75) is 27.7 Å². The number of amides is 1. The SMILES string of the molecule is CC(=O)NC1=NCC(C(C)(C)C)=C1. The summed E-state index contributed by atoms with van der Waals surface area (Å²) in [5, 5.41) is 2.68. The number of nitrogens with one attached hydrogen (secondary N) is 1. The molecule has 0 radical (unpaired) electrons. The van der Waals surface area contributed by atoms with E-state index in [-0.39, 0.29) is 11.3 Å². The van der Waals surface area contributed by atoms with Gasteiger partial charge in [-0.05, 0) is 17.1 Å². The zero-order chi connectivity index (χ0) is 10.1. The van der Waals surface area contributed by atoms with Crippen LogP contribution in [-0.4, -0.2) is 18.3 Å². The number of carbonyl (C=O) groups excluding carboxylic acids is 1. The molecule has 1 N–H and O–H groups in total. The summed E-state index contributed by atoms with van der Waals surface area (Å²) in [5.74, 6) is 0.627. The summed E-state index contributed by atoms with van der Waals surface area (Å²) in [6.45, 7) is 8.63. The van der Waals surface area contributed by atoms with Gasteiger partial charge in [0.25, 0.3) is 0 Å². The molecule has 0 saturated heterocycles. The maximum absolute atomic E-state index is 10.7. The molecule has 1 rings (SSSR count). The fourth-order valence-corrected chi connectivity index (χ4v) is 1.14. The molecule has 3 heteroatoms. The van der Waals surface area contributed by atoms with E-state index in [1.54, 1.807) is 0 Å². The van der Waals surface area contributed by atoms with Crippen LogP contribution in [0.3, 0.4) is 0 Å². The van der Waals surface area contributed by atoms with Crippen LogP contribution in [0.25, 0.3) is 0 Å². The Morgan fingerprint density at radius 3 is 2.54 bits per heavy atom. The number of carbonyl (C=O) groups is 1. The standard InChI is InChI=1S/C10H16N2O/c1-7(13)12-9-5-8(6-11-9)10(2,3)4/h5H,6H2,1-4H3,(H,11,12,13). The van der Waals surface area contributed by atoms with Crippen LogP contribution >= 0.6 is 0 Å². The van der Waals surface area contributed by atoms with Crippen LogP contribution in [-0.2, 0) is 4.79 Å². The zero-order valence-electron chi connectivity index (χ0n) is 8.64. The summed E-state index contributed by atoms with van der Waals surface area (Å²) >= 11 is 0. The average molecular weight is 180 g/mol. The molecule has 1 aliphatic rings. The normalized spacial score (nSPS) is 16.6. The molecular formula is C10H16N2O. The Morgan fingerprint density at radius 1 is 1.54 bits per heavy atom. The second-order valence-electron chi connectivity index (χ2n) is 4.30. The minimum absolute atomic E-state index is 0.0647. The highest BCUT2D eigenvalue weighted by atomic mass is 16.1. The molecule has 0 bridgehead atoms. The van der Waals surface area contributed by atoms with Crippen molar-refractivity contribution in [3.8, 4) is 0 Å². The van der Waals surface area contributed by atoms with Gasteiger partial charge >= 0.3 is 0 Å². The molecule has 0 aromatic heterocycles. The number of amidine groups is 1. The predicted molar refractivity (Wildman–Crippen MR) is 53.7 cm³/mol. The van der Waals surface area contributed by atoms with Crippen LogP contribution in [0.1, 0.15) is 27.7 Å². The molecule has 3 nitrogen and oxygen atoms in total. The first-order chi connectivity index (χ1) is 5.89. The van der Waals surface area contributed by atoms with Crippen molar-refractivity contribution < 1.29 is 4.79 Å². The molecule has 0 aromatic carbocycles. The van der Waals surface area contributed by atoms with Gasteiger partial charge in [0, 0.05) is 6.92 Å². The summed E-state index contributed by atoms with van der Waals surface area (Å²) in [6, 6.07) is 0. The van der Waals surface area contributed by atoms with Crippen molar-refractivity contribution in [1.82, 2.24) is 5.32 Å². The fourth-order valence-electron chi connectivity index (χ4n) is 1.14. The number of nitrogens with zero attached hydrogens (tertiary/aromatic N) is 1. The summed E-state index contributed by atoms with van der Waals surface area (Å²) in [5.41, 5.74) is 1.40. The maximum Gasteiger partial charge on any atom is 0.222 e. The third-order valence-corrected chi connectivity index (χ3v) is 2.00. The summed E-state index contributed by atoms with van der Waals surface area (Å²) in [6.07, 6.45) is 1.96. The lowest BCUT2D eigenvalue weighted by atomic mass is 9.87. The zero-order valence-corrected chi connectivity index (χ0v) is 8.64. The Kier molecular flexibility index (Phi) is 2.55. The highest BCUT2D eigenvalue weighted by Gasteiger charge is 2.20. The molecule has 1 aliphatic heterocycles. The van der Waals surface area contributed by atoms with Gasteiger partial charge < -0.3 is 5.32 Å². The van der Waals surface area contributed by atoms with Crippen molar-refractivity contribution in [2.24, 2.45) is 10.4 Å². The van der Waals surface area contributed by atoms with E-state index in [2.05, 4.69) is 31.1 Å². The van der Waals surface area contributed by atoms with Crippen molar-refractivity contribution >= 4 is 11.7 Å². The molecule has 0 spiro atoms. The first-order valence-electron chi connectivity index (χ1n) is 4.42. The number of hydrogen-bond donors (Lipinski definition) is 1. The fraction of sp³-hybridized carbons (Fsp3) is 0.600. The summed E-state index contributed by atoms with van der Waals surface area (Å²) in [4.78, 5) is 15.0. The predicted octanol–water partition coefficient (Wildman–Crippen LogP) is 1.51. The lowest BCUT2D eigenvalue weighted by Gasteiger charge is -2.18. The molecule has 0 aliphatic carbocycles. The minimum atomic E-state index is -0.0647. The molecular weight excluding hydrogens is 164 g/mol. The molecule has 1 amide bonds. The van der Waals surface area contributed by atoms with E-state index in [4.69, 9.17) is 0 Å². The van der Waals surface area contributed by atoms with Gasteiger partial charge in [-0.2, -0.15) is 0 Å². The van der Waals surface area contributed by atoms with Crippen molar-refractivity contribution in [1.29, 1.82) is 0 Å². The summed E-state index contributed by atoms with van der Waals surface area (Å²) in [7, 11) is 0. The summed E-state index contributed by atoms with van der Waals surface area (Å²) < 4.78 is 0. The van der Waals surface area contributed by atoms with Crippen LogP contribution in [0.2, 0.25) is 0 Å². The Morgan fingerprint density at radius 2 is 2.15 bits per heavy atom. The van der Waals surface area contributed by atoms with E-state index >= 15 is 0 Å². The van der Waals surface area contributed by atoms with Crippen molar-refractivity contribution in [3.63, 3.8) is 0 Å². The number of hydrogen-bond acceptors (Lipinski definition) is 2. The third-order valence-electron chi connectivity index (χ3n) is 2.00. The van der Waals surface area contributed by atoms with Crippen LogP contribution < -0.4 is 5.32 Å². The molecule has 13 heavy (non-hydrogen) atoms. The van der Waals surface area contributed by atoms with Crippen molar-refractivity contribution in [3.05, 3.63) is 11.6 Å². The Hall–Kier alpha value is -1.12. The highest BCUT2D eigenvalue weighted by Crippen LogP contribution is 2.27. The van der Waals surface area contributed by atoms with Gasteiger partial charge in [0.05, 0.1) is 6.54 Å². The second kappa shape index (κ2) is 3.32. The van der Waals surface area contributed by atoms with Crippen LogP contribution in [0, 0.1) is 5.41 Å². The number of rotatable bonds is 0. The molecule has 0 atom stereocenters. The first kappa shape index (κ1) is 9.96. The van der Waals surface area contributed by atoms with Gasteiger partial charge in [-0.1, -0.05) is 20.8 Å². The first-order valence-corrected chi connectivity index (χ1v) is 4.42. The largest absolute Gasteiger partial charge is 0.311 e. The molecule has 0 fully saturated rings. The van der Waals surface area contributed by atoms with E-state index < -0.39 is 0 Å². The van der Waals surface area contributed by atoms with E-state index in [0.29, 0.717) is 12.4 Å². The van der Waals surface area contributed by atoms with Gasteiger partial charge in [-0.3, -0.25) is 9.79 Å². The highest BCUT2D eigenvalue weighted by molar-refractivity contribution is 6.05. The molecule has 0 unspecified atom stereocenters. The average Bonchev–Trinajstić information content (AvgIpc) is 2.32. The maximum atomic E-state index is 10.7. The molecule has 72 valence electrons. The second-order valence-corrected chi connectivity index (χ2v) is 4.30. The molecule has 1 heterocycles. The third kappa shape index (κ3) is 2.68. The van der Waals surface area contributed by atoms with Crippen LogP contribution in [0.4, 0.5) is 0 Å². The lowest BCUT2D eigenvalue weighted by Crippen LogP contribution is -2.25. The van der Waals surface area contributed by atoms with Gasteiger partial charge in [0.1, 0.15) is 5.84 Å². The Bertz CT molecular complexity index is 282. The van der Waals surface area contributed by atoms with E-state index in [1.165, 1.54) is 12.5 Å². The quantitative estimate of drug-likeness (QED) is 0.603. The Balaban J connectivity index is 2.66. The molecule has 0 saturated carbocycles. The minimum Gasteiger partial charge on any atom is -0.311 e. The van der Waals surface area contributed by atoms with Crippen LogP contribution in [0.15, 0.2) is 16.6 Å². The van der Waals surface area contributed by atoms with Gasteiger partial charge in [-0.15, -0.1) is 0 Å². The smallest absolute Gasteiger partial charge is 0.222 e. The van der Waals surface area contributed by atoms with E-state index in [9.17, 15) is 4.79 Å². The monoisotopic (exact) mass is 180 g/mol. The topological polar surface area (TPSA) is 41.5 Å². The Labute approximate surface area is 78.9 Å². The number of aliphatic imine (C=N–C) groups is 1. The van der Waals surface area contributed by atoms with Crippen LogP contribution in [0.5, 0.6) is 0 Å². The lowest BCUT2D eigenvalue weighted by molar-refractivity contribution is -0.117. The van der Waals surface area contributed by atoms with E-state index in [0.717, 1.165) is 0 Å². The van der Waals surface area contributed by atoms with Crippen molar-refractivity contribution in [2.75, 3.05) is 6.54 Å². The van der Waals surface area contributed by atoms with Gasteiger partial charge in [0.2, 0.25) is 5.91 Å². The van der Waals surface area contributed by atoms with E-state index in [1.807, 2.05) is 6.08 Å². The van der Waals surface area contributed by atoms with Gasteiger partial charge in [-0.25, -0.2) is 0 Å².